The van der Waals surface area contributed by atoms with Gasteiger partial charge in [0.15, 0.2) is 0 Å². The van der Waals surface area contributed by atoms with Gasteiger partial charge in [0.05, 0.1) is 18.8 Å². The van der Waals surface area contributed by atoms with E-state index in [-0.39, 0.29) is 12.5 Å². The molecule has 3 N–H and O–H groups in total. The van der Waals surface area contributed by atoms with Gasteiger partial charge in [-0.15, -0.1) is 0 Å². The normalized spacial score (nSPS) is 13.6. The van der Waals surface area contributed by atoms with Gasteiger partial charge in [-0.2, -0.15) is 0 Å². The molecule has 0 saturated carbocycles. The Morgan fingerprint density at radius 3 is 1.77 bits per heavy atom. The average molecular weight is 494 g/mol. The summed E-state index contributed by atoms with van der Waals surface area (Å²) in [6.45, 7) is 4.27. The molecule has 0 saturated heterocycles. The second-order valence-corrected chi connectivity index (χ2v) is 10.2. The molecule has 0 aromatic rings. The molecule has 0 heterocycles. The molecule has 0 aromatic carbocycles. The van der Waals surface area contributed by atoms with Gasteiger partial charge in [-0.3, -0.25) is 4.79 Å². The number of amides is 1. The van der Waals surface area contributed by atoms with E-state index in [1.165, 1.54) is 77.0 Å². The van der Waals surface area contributed by atoms with Crippen LogP contribution in [0.3, 0.4) is 0 Å². The lowest BCUT2D eigenvalue weighted by Gasteiger charge is -2.22. The van der Waals surface area contributed by atoms with Gasteiger partial charge in [0.2, 0.25) is 5.91 Å². The Labute approximate surface area is 218 Å². The van der Waals surface area contributed by atoms with E-state index < -0.39 is 12.1 Å². The summed E-state index contributed by atoms with van der Waals surface area (Å²) < 4.78 is 0. The second-order valence-electron chi connectivity index (χ2n) is 10.2. The van der Waals surface area contributed by atoms with Crippen LogP contribution in [0.4, 0.5) is 0 Å². The molecular formula is C31H59NO3. The van der Waals surface area contributed by atoms with Gasteiger partial charge in [-0.1, -0.05) is 122 Å². The number of allylic oxidation sites excluding steroid dienone is 4. The molecule has 0 rings (SSSR count). The first kappa shape index (κ1) is 33.9. The summed E-state index contributed by atoms with van der Waals surface area (Å²) in [4.78, 5) is 12.2. The molecular weight excluding hydrogens is 434 g/mol. The van der Waals surface area contributed by atoms with Crippen molar-refractivity contribution in [1.82, 2.24) is 5.32 Å². The van der Waals surface area contributed by atoms with Crippen LogP contribution in [0, 0.1) is 0 Å². The van der Waals surface area contributed by atoms with Crippen LogP contribution >= 0.6 is 0 Å². The van der Waals surface area contributed by atoms with Crippen molar-refractivity contribution in [3.8, 4) is 0 Å². The van der Waals surface area contributed by atoms with E-state index in [1.807, 2.05) is 0 Å². The number of hydrogen-bond acceptors (Lipinski definition) is 3. The van der Waals surface area contributed by atoms with E-state index in [2.05, 4.69) is 43.5 Å². The zero-order chi connectivity index (χ0) is 25.8. The molecule has 0 radical (unpaired) electrons. The fraction of sp³-hybridized carbons (Fsp3) is 0.839. The first-order valence-corrected chi connectivity index (χ1v) is 15.0. The van der Waals surface area contributed by atoms with E-state index in [1.54, 1.807) is 0 Å². The zero-order valence-electron chi connectivity index (χ0n) is 23.3. The van der Waals surface area contributed by atoms with Crippen molar-refractivity contribution in [3.05, 3.63) is 24.3 Å². The van der Waals surface area contributed by atoms with E-state index in [0.717, 1.165) is 44.9 Å². The number of aliphatic hydroxyl groups is 2. The number of aliphatic hydroxyl groups excluding tert-OH is 2. The summed E-state index contributed by atoms with van der Waals surface area (Å²) in [7, 11) is 0. The lowest BCUT2D eigenvalue weighted by atomic mass is 10.0. The molecule has 1 amide bonds. The Kier molecular flexibility index (Phi) is 26.6. The lowest BCUT2D eigenvalue weighted by molar-refractivity contribution is -0.123. The Morgan fingerprint density at radius 2 is 1.17 bits per heavy atom. The molecule has 0 spiro atoms. The highest BCUT2D eigenvalue weighted by atomic mass is 16.3. The summed E-state index contributed by atoms with van der Waals surface area (Å²) in [6.07, 6.45) is 32.2. The third-order valence-electron chi connectivity index (χ3n) is 6.72. The largest absolute Gasteiger partial charge is 0.394 e. The summed E-state index contributed by atoms with van der Waals surface area (Å²) in [5, 5.41) is 22.8. The fourth-order valence-electron chi connectivity index (χ4n) is 4.33. The third kappa shape index (κ3) is 24.3. The molecule has 2 unspecified atom stereocenters. The quantitative estimate of drug-likeness (QED) is 0.0840. The van der Waals surface area contributed by atoms with Gasteiger partial charge in [-0.05, 0) is 44.9 Å². The molecule has 0 aliphatic carbocycles. The Morgan fingerprint density at radius 1 is 0.686 bits per heavy atom. The molecule has 4 nitrogen and oxygen atoms in total. The molecule has 0 aromatic heterocycles. The van der Waals surface area contributed by atoms with Crippen LogP contribution in [0.2, 0.25) is 0 Å². The molecule has 2 atom stereocenters. The predicted molar refractivity (Wildman–Crippen MR) is 152 cm³/mol. The highest BCUT2D eigenvalue weighted by molar-refractivity contribution is 5.76. The maximum Gasteiger partial charge on any atom is 0.220 e. The fourth-order valence-corrected chi connectivity index (χ4v) is 4.33. The number of carbonyl (C=O) groups is 1. The maximum absolute atomic E-state index is 12.2. The molecule has 0 bridgehead atoms. The highest BCUT2D eigenvalue weighted by Crippen LogP contribution is 2.13. The summed E-state index contributed by atoms with van der Waals surface area (Å²) in [6, 6.07) is -0.537. The summed E-state index contributed by atoms with van der Waals surface area (Å²) in [5.41, 5.74) is 0. The van der Waals surface area contributed by atoms with E-state index in [9.17, 15) is 15.0 Å². The van der Waals surface area contributed by atoms with Crippen LogP contribution in [0.1, 0.15) is 149 Å². The molecule has 0 aliphatic rings. The standard InChI is InChI=1S/C31H59NO3/c1-3-5-7-9-11-13-14-15-16-17-18-19-21-23-25-27-31(35)32-29(28-33)30(34)26-24-22-20-12-10-8-6-4-2/h11,13,15-16,29-30,33-34H,3-10,12,14,17-28H2,1-2H3,(H,32,35)/b13-11-,16-15-. The van der Waals surface area contributed by atoms with Crippen LogP contribution in [-0.2, 0) is 4.79 Å². The second kappa shape index (κ2) is 27.5. The number of carbonyl (C=O) groups excluding carboxylic acids is 1. The maximum atomic E-state index is 12.2. The van der Waals surface area contributed by atoms with Crippen molar-refractivity contribution in [1.29, 1.82) is 0 Å². The average Bonchev–Trinajstić information content (AvgIpc) is 2.86. The Hall–Kier alpha value is -1.13. The minimum atomic E-state index is -0.659. The van der Waals surface area contributed by atoms with E-state index in [0.29, 0.717) is 12.8 Å². The minimum absolute atomic E-state index is 0.0512. The third-order valence-corrected chi connectivity index (χ3v) is 6.72. The lowest BCUT2D eigenvalue weighted by Crippen LogP contribution is -2.45. The first-order valence-electron chi connectivity index (χ1n) is 15.0. The minimum Gasteiger partial charge on any atom is -0.394 e. The smallest absolute Gasteiger partial charge is 0.220 e. The zero-order valence-corrected chi connectivity index (χ0v) is 23.3. The summed E-state index contributed by atoms with van der Waals surface area (Å²) in [5.74, 6) is -0.0512. The molecule has 4 heteroatoms. The van der Waals surface area contributed by atoms with Gasteiger partial charge in [0.25, 0.3) is 0 Å². The summed E-state index contributed by atoms with van der Waals surface area (Å²) >= 11 is 0. The van der Waals surface area contributed by atoms with Crippen molar-refractivity contribution in [2.24, 2.45) is 0 Å². The molecule has 0 fully saturated rings. The van der Waals surface area contributed by atoms with E-state index >= 15 is 0 Å². The van der Waals surface area contributed by atoms with Gasteiger partial charge < -0.3 is 15.5 Å². The van der Waals surface area contributed by atoms with Crippen LogP contribution in [-0.4, -0.2) is 34.9 Å². The predicted octanol–water partition coefficient (Wildman–Crippen LogP) is 8.17. The van der Waals surface area contributed by atoms with Crippen molar-refractivity contribution < 1.29 is 15.0 Å². The van der Waals surface area contributed by atoms with Crippen LogP contribution in [0.25, 0.3) is 0 Å². The Balaban J connectivity index is 3.65. The van der Waals surface area contributed by atoms with Crippen LogP contribution in [0.5, 0.6) is 0 Å². The first-order chi connectivity index (χ1) is 17.2. The van der Waals surface area contributed by atoms with Gasteiger partial charge in [0, 0.05) is 6.42 Å². The topological polar surface area (TPSA) is 69.6 Å². The number of rotatable bonds is 26. The monoisotopic (exact) mass is 493 g/mol. The van der Waals surface area contributed by atoms with Crippen molar-refractivity contribution in [2.75, 3.05) is 6.61 Å². The number of unbranched alkanes of at least 4 members (excludes halogenated alkanes) is 15. The molecule has 0 aliphatic heterocycles. The Bertz CT molecular complexity index is 503. The van der Waals surface area contributed by atoms with Gasteiger partial charge >= 0.3 is 0 Å². The van der Waals surface area contributed by atoms with Crippen LogP contribution < -0.4 is 5.32 Å². The van der Waals surface area contributed by atoms with E-state index in [4.69, 9.17) is 0 Å². The molecule has 206 valence electrons. The van der Waals surface area contributed by atoms with Gasteiger partial charge in [-0.25, -0.2) is 0 Å². The van der Waals surface area contributed by atoms with Crippen molar-refractivity contribution >= 4 is 5.91 Å². The van der Waals surface area contributed by atoms with Crippen LogP contribution in [0.15, 0.2) is 24.3 Å². The van der Waals surface area contributed by atoms with Crippen molar-refractivity contribution in [3.63, 3.8) is 0 Å². The van der Waals surface area contributed by atoms with Gasteiger partial charge in [0.1, 0.15) is 0 Å². The molecule has 35 heavy (non-hydrogen) atoms. The number of hydrogen-bond donors (Lipinski definition) is 3. The highest BCUT2D eigenvalue weighted by Gasteiger charge is 2.19. The number of nitrogens with one attached hydrogen (secondary N) is 1. The van der Waals surface area contributed by atoms with Crippen molar-refractivity contribution in [2.45, 2.75) is 161 Å². The SMILES string of the molecule is CCCCC/C=C\C/C=C\CCCCCCCC(=O)NC(CO)C(O)CCCCCCCCCC.